The maximum absolute atomic E-state index is 14.3. The van der Waals surface area contributed by atoms with Gasteiger partial charge in [-0.15, -0.1) is 0 Å². The largest absolute Gasteiger partial charge is 0.348 e. The highest BCUT2D eigenvalue weighted by atomic mass is 19.1. The van der Waals surface area contributed by atoms with Crippen LogP contribution in [0, 0.1) is 17.1 Å². The zero-order valence-electron chi connectivity index (χ0n) is 15.2. The summed E-state index contributed by atoms with van der Waals surface area (Å²) in [5.41, 5.74) is 5.67. The van der Waals surface area contributed by atoms with Crippen molar-refractivity contribution in [3.8, 4) is 17.2 Å². The number of nitriles is 1. The molecule has 0 aliphatic carbocycles. The van der Waals surface area contributed by atoms with Gasteiger partial charge >= 0.3 is 0 Å². The molecule has 4 aromatic rings. The van der Waals surface area contributed by atoms with Crippen molar-refractivity contribution < 1.29 is 9.18 Å². The van der Waals surface area contributed by atoms with Crippen molar-refractivity contribution in [2.24, 2.45) is 5.10 Å². The smallest absolute Gasteiger partial charge is 0.288 e. The number of carbonyl (C=O) groups excluding carboxylic acids is 1. The summed E-state index contributed by atoms with van der Waals surface area (Å²) in [6.45, 7) is 0. The zero-order chi connectivity index (χ0) is 20.2. The number of aromatic nitrogens is 1. The Labute approximate surface area is 166 Å². The number of amides is 1. The number of nitrogens with one attached hydrogen (secondary N) is 2. The minimum Gasteiger partial charge on any atom is -0.348 e. The van der Waals surface area contributed by atoms with Crippen molar-refractivity contribution in [2.45, 2.75) is 0 Å². The van der Waals surface area contributed by atoms with E-state index in [9.17, 15) is 9.18 Å². The lowest BCUT2D eigenvalue weighted by molar-refractivity contribution is 0.0951. The van der Waals surface area contributed by atoms with Crippen LogP contribution in [0.1, 0.15) is 21.6 Å². The average molecular weight is 382 g/mol. The molecule has 0 saturated carbocycles. The van der Waals surface area contributed by atoms with E-state index in [1.807, 2.05) is 36.4 Å². The van der Waals surface area contributed by atoms with Crippen LogP contribution in [0.4, 0.5) is 4.39 Å². The Balaban J connectivity index is 1.67. The van der Waals surface area contributed by atoms with Crippen molar-refractivity contribution in [2.75, 3.05) is 0 Å². The van der Waals surface area contributed by atoms with Crippen molar-refractivity contribution in [3.63, 3.8) is 0 Å². The predicted octanol–water partition coefficient (Wildman–Crippen LogP) is 4.61. The number of hydrogen-bond donors (Lipinski definition) is 2. The van der Waals surface area contributed by atoms with Crippen LogP contribution in [0.3, 0.4) is 0 Å². The van der Waals surface area contributed by atoms with Crippen molar-refractivity contribution in [1.82, 2.24) is 10.4 Å². The number of aromatic amines is 1. The molecular weight excluding hydrogens is 367 g/mol. The van der Waals surface area contributed by atoms with E-state index in [1.54, 1.807) is 36.4 Å². The number of halogens is 1. The fourth-order valence-electron chi connectivity index (χ4n) is 3.12. The lowest BCUT2D eigenvalue weighted by Gasteiger charge is -2.04. The number of hydrazone groups is 1. The van der Waals surface area contributed by atoms with Crippen LogP contribution in [-0.2, 0) is 0 Å². The molecular formula is C23H15FN4O. The Bertz CT molecular complexity index is 1250. The monoisotopic (exact) mass is 382 g/mol. The number of fused-ring (bicyclic) bond motifs is 1. The maximum atomic E-state index is 14.3. The topological polar surface area (TPSA) is 81.0 Å². The molecule has 5 nitrogen and oxygen atoms in total. The summed E-state index contributed by atoms with van der Waals surface area (Å²) in [6, 6.07) is 22.9. The number of carbonyl (C=O) groups is 1. The van der Waals surface area contributed by atoms with Gasteiger partial charge in [-0.1, -0.05) is 54.6 Å². The van der Waals surface area contributed by atoms with Gasteiger partial charge in [0.25, 0.3) is 5.91 Å². The molecule has 2 N–H and O–H groups in total. The van der Waals surface area contributed by atoms with Gasteiger partial charge < -0.3 is 4.98 Å². The minimum absolute atomic E-state index is 0.230. The molecule has 1 heterocycles. The molecule has 29 heavy (non-hydrogen) atoms. The van der Waals surface area contributed by atoms with Crippen LogP contribution < -0.4 is 5.43 Å². The Hall–Kier alpha value is -4.24. The van der Waals surface area contributed by atoms with Crippen LogP contribution >= 0.6 is 0 Å². The molecule has 0 unspecified atom stereocenters. The molecule has 0 atom stereocenters. The van der Waals surface area contributed by atoms with E-state index in [-0.39, 0.29) is 11.2 Å². The van der Waals surface area contributed by atoms with Crippen LogP contribution in [0.25, 0.3) is 22.0 Å². The first-order chi connectivity index (χ1) is 14.2. The summed E-state index contributed by atoms with van der Waals surface area (Å²) in [7, 11) is 0. The number of rotatable bonds is 4. The molecule has 0 radical (unpaired) electrons. The standard InChI is InChI=1S/C23H15FN4O/c24-19-8-4-7-18-20(17-5-2-1-3-6-17)22(27-21(18)19)23(29)28-26-14-16-11-9-15(13-25)10-12-16/h1-12,14,27H,(H,28,29)/b26-14+. The summed E-state index contributed by atoms with van der Waals surface area (Å²) in [5, 5.41) is 13.4. The molecule has 3 aromatic carbocycles. The first-order valence-electron chi connectivity index (χ1n) is 8.86. The van der Waals surface area contributed by atoms with Crippen molar-refractivity contribution in [1.29, 1.82) is 5.26 Å². The highest BCUT2D eigenvalue weighted by molar-refractivity contribution is 6.09. The molecule has 0 fully saturated rings. The van der Waals surface area contributed by atoms with Crippen molar-refractivity contribution in [3.05, 3.63) is 95.4 Å². The first kappa shape index (κ1) is 18.1. The van der Waals surface area contributed by atoms with Gasteiger partial charge in [-0.3, -0.25) is 4.79 Å². The molecule has 0 bridgehead atoms. The summed E-state index contributed by atoms with van der Waals surface area (Å²) >= 11 is 0. The fourth-order valence-corrected chi connectivity index (χ4v) is 3.12. The van der Waals surface area contributed by atoms with Crippen LogP contribution in [0.15, 0.2) is 77.9 Å². The van der Waals surface area contributed by atoms with Gasteiger partial charge in [0.1, 0.15) is 11.5 Å². The van der Waals surface area contributed by atoms with Gasteiger partial charge in [0.2, 0.25) is 0 Å². The molecule has 1 amide bonds. The molecule has 0 aliphatic heterocycles. The van der Waals surface area contributed by atoms with Crippen molar-refractivity contribution >= 4 is 23.0 Å². The number of nitrogens with zero attached hydrogens (tertiary/aromatic N) is 2. The number of benzene rings is 3. The predicted molar refractivity (Wildman–Crippen MR) is 110 cm³/mol. The lowest BCUT2D eigenvalue weighted by Crippen LogP contribution is -2.18. The molecule has 4 rings (SSSR count). The van der Waals surface area contributed by atoms with Gasteiger partial charge in [-0.05, 0) is 29.3 Å². The fraction of sp³-hybridized carbons (Fsp3) is 0. The average Bonchev–Trinajstić information content (AvgIpc) is 3.16. The Morgan fingerprint density at radius 3 is 2.52 bits per heavy atom. The second-order valence-corrected chi connectivity index (χ2v) is 6.34. The number of para-hydroxylation sites is 1. The lowest BCUT2D eigenvalue weighted by atomic mass is 10.0. The highest BCUT2D eigenvalue weighted by Crippen LogP contribution is 2.33. The maximum Gasteiger partial charge on any atom is 0.288 e. The molecule has 6 heteroatoms. The second-order valence-electron chi connectivity index (χ2n) is 6.34. The SMILES string of the molecule is N#Cc1ccc(/C=N/NC(=O)c2[nH]c3c(F)cccc3c2-c2ccccc2)cc1. The van der Waals surface area contributed by atoms with Gasteiger partial charge in [-0.25, -0.2) is 9.82 Å². The summed E-state index contributed by atoms with van der Waals surface area (Å²) in [4.78, 5) is 15.7. The van der Waals surface area contributed by atoms with E-state index in [0.717, 1.165) is 11.1 Å². The molecule has 1 aromatic heterocycles. The second kappa shape index (κ2) is 7.79. The molecule has 140 valence electrons. The first-order valence-corrected chi connectivity index (χ1v) is 8.86. The third kappa shape index (κ3) is 3.62. The highest BCUT2D eigenvalue weighted by Gasteiger charge is 2.20. The van der Waals surface area contributed by atoms with E-state index >= 15 is 0 Å². The van der Waals surface area contributed by atoms with Gasteiger partial charge in [0.15, 0.2) is 0 Å². The normalized spacial score (nSPS) is 10.9. The summed E-state index contributed by atoms with van der Waals surface area (Å²) < 4.78 is 14.3. The van der Waals surface area contributed by atoms with Gasteiger partial charge in [0, 0.05) is 10.9 Å². The molecule has 0 aliphatic rings. The number of hydrogen-bond acceptors (Lipinski definition) is 3. The Morgan fingerprint density at radius 1 is 1.03 bits per heavy atom. The van der Waals surface area contributed by atoms with Gasteiger partial charge in [0.05, 0.1) is 23.4 Å². The van der Waals surface area contributed by atoms with Gasteiger partial charge in [-0.2, -0.15) is 10.4 Å². The minimum atomic E-state index is -0.482. The summed E-state index contributed by atoms with van der Waals surface area (Å²) in [6.07, 6.45) is 1.48. The van der Waals surface area contributed by atoms with E-state index < -0.39 is 11.7 Å². The zero-order valence-corrected chi connectivity index (χ0v) is 15.2. The quantitative estimate of drug-likeness (QED) is 0.399. The van der Waals surface area contributed by atoms with E-state index in [1.165, 1.54) is 12.3 Å². The third-order valence-electron chi connectivity index (χ3n) is 4.49. The van der Waals surface area contributed by atoms with E-state index in [2.05, 4.69) is 15.5 Å². The Kier molecular flexibility index (Phi) is 4.87. The van der Waals surface area contributed by atoms with Crippen LogP contribution in [-0.4, -0.2) is 17.1 Å². The molecule has 0 spiro atoms. The molecule has 0 saturated heterocycles. The third-order valence-corrected chi connectivity index (χ3v) is 4.49. The van der Waals surface area contributed by atoms with E-state index in [4.69, 9.17) is 5.26 Å². The summed E-state index contributed by atoms with van der Waals surface area (Å²) in [5.74, 6) is -0.913. The Morgan fingerprint density at radius 2 is 1.79 bits per heavy atom. The van der Waals surface area contributed by atoms with Crippen LogP contribution in [0.5, 0.6) is 0 Å². The van der Waals surface area contributed by atoms with Crippen LogP contribution in [0.2, 0.25) is 0 Å². The number of H-pyrrole nitrogens is 1. The van der Waals surface area contributed by atoms with E-state index in [0.29, 0.717) is 16.5 Å².